The topological polar surface area (TPSA) is 64.9 Å². The SMILES string of the molecule is Cc1nnc(Cc2ccc(C(F)(F)F)cc2N)o1. The Morgan fingerprint density at radius 1 is 1.28 bits per heavy atom. The number of rotatable bonds is 2. The summed E-state index contributed by atoms with van der Waals surface area (Å²) in [5.41, 5.74) is 5.39. The average molecular weight is 257 g/mol. The molecule has 1 aromatic heterocycles. The standard InChI is InChI=1S/C11H10F3N3O/c1-6-16-17-10(18-6)4-7-2-3-8(5-9(7)15)11(12,13)14/h2-3,5H,4,15H2,1H3. The number of hydrogen-bond donors (Lipinski definition) is 1. The molecular weight excluding hydrogens is 247 g/mol. The van der Waals surface area contributed by atoms with Crippen LogP contribution in [0.25, 0.3) is 0 Å². The van der Waals surface area contributed by atoms with E-state index in [1.54, 1.807) is 6.92 Å². The molecule has 18 heavy (non-hydrogen) atoms. The van der Waals surface area contributed by atoms with Gasteiger partial charge in [-0.15, -0.1) is 10.2 Å². The van der Waals surface area contributed by atoms with Crippen LogP contribution in [0.4, 0.5) is 18.9 Å². The van der Waals surface area contributed by atoms with Crippen molar-refractivity contribution in [3.8, 4) is 0 Å². The normalized spacial score (nSPS) is 11.8. The first-order chi connectivity index (χ1) is 8.36. The molecule has 96 valence electrons. The number of aryl methyl sites for hydroxylation is 1. The monoisotopic (exact) mass is 257 g/mol. The van der Waals surface area contributed by atoms with E-state index in [0.717, 1.165) is 12.1 Å². The van der Waals surface area contributed by atoms with Crippen molar-refractivity contribution in [2.75, 3.05) is 5.73 Å². The molecule has 2 aromatic rings. The van der Waals surface area contributed by atoms with Gasteiger partial charge >= 0.3 is 6.18 Å². The fourth-order valence-electron chi connectivity index (χ4n) is 1.50. The largest absolute Gasteiger partial charge is 0.425 e. The Balaban J connectivity index is 2.25. The molecule has 7 heteroatoms. The van der Waals surface area contributed by atoms with Crippen molar-refractivity contribution in [2.45, 2.75) is 19.5 Å². The Morgan fingerprint density at radius 3 is 2.50 bits per heavy atom. The fraction of sp³-hybridized carbons (Fsp3) is 0.273. The minimum atomic E-state index is -4.40. The molecule has 0 aliphatic rings. The van der Waals surface area contributed by atoms with E-state index in [1.807, 2.05) is 0 Å². The Kier molecular flexibility index (Phi) is 2.98. The highest BCUT2D eigenvalue weighted by Gasteiger charge is 2.30. The van der Waals surface area contributed by atoms with E-state index in [2.05, 4.69) is 10.2 Å². The van der Waals surface area contributed by atoms with E-state index in [4.69, 9.17) is 10.2 Å². The molecule has 0 bridgehead atoms. The van der Waals surface area contributed by atoms with Crippen molar-refractivity contribution in [1.82, 2.24) is 10.2 Å². The van der Waals surface area contributed by atoms with Gasteiger partial charge in [0.2, 0.25) is 11.8 Å². The first kappa shape index (κ1) is 12.4. The van der Waals surface area contributed by atoms with Gasteiger partial charge in [-0.3, -0.25) is 0 Å². The van der Waals surface area contributed by atoms with E-state index < -0.39 is 11.7 Å². The van der Waals surface area contributed by atoms with Gasteiger partial charge in [0.1, 0.15) is 0 Å². The van der Waals surface area contributed by atoms with Crippen LogP contribution < -0.4 is 5.73 Å². The van der Waals surface area contributed by atoms with Gasteiger partial charge in [0.15, 0.2) is 0 Å². The molecule has 1 heterocycles. The second-order valence-corrected chi connectivity index (χ2v) is 3.80. The molecule has 0 aliphatic heterocycles. The second-order valence-electron chi connectivity index (χ2n) is 3.80. The Labute approximate surface area is 101 Å². The molecule has 0 unspecified atom stereocenters. The van der Waals surface area contributed by atoms with Gasteiger partial charge in [-0.2, -0.15) is 13.2 Å². The molecule has 0 aliphatic carbocycles. The smallest absolute Gasteiger partial charge is 0.416 e. The molecule has 0 saturated carbocycles. The molecule has 2 N–H and O–H groups in total. The number of nitrogens with two attached hydrogens (primary N) is 1. The number of halogens is 3. The predicted octanol–water partition coefficient (Wildman–Crippen LogP) is 2.57. The lowest BCUT2D eigenvalue weighted by molar-refractivity contribution is -0.137. The molecule has 0 atom stereocenters. The minimum Gasteiger partial charge on any atom is -0.425 e. The number of aromatic nitrogens is 2. The molecule has 2 rings (SSSR count). The molecule has 0 spiro atoms. The van der Waals surface area contributed by atoms with Gasteiger partial charge in [0, 0.05) is 12.6 Å². The average Bonchev–Trinajstić information content (AvgIpc) is 2.65. The fourth-order valence-corrected chi connectivity index (χ4v) is 1.50. The Bertz CT molecular complexity index is 563. The molecule has 0 amide bonds. The number of alkyl halides is 3. The van der Waals surface area contributed by atoms with Crippen molar-refractivity contribution in [3.63, 3.8) is 0 Å². The number of nitrogen functional groups attached to an aromatic ring is 1. The zero-order valence-corrected chi connectivity index (χ0v) is 9.45. The van der Waals surface area contributed by atoms with Crippen molar-refractivity contribution in [3.05, 3.63) is 41.1 Å². The van der Waals surface area contributed by atoms with Crippen LogP contribution in [-0.2, 0) is 12.6 Å². The Morgan fingerprint density at radius 2 is 2.00 bits per heavy atom. The van der Waals surface area contributed by atoms with Crippen LogP contribution in [-0.4, -0.2) is 10.2 Å². The molecule has 4 nitrogen and oxygen atoms in total. The quantitative estimate of drug-likeness (QED) is 0.840. The van der Waals surface area contributed by atoms with Crippen molar-refractivity contribution in [1.29, 1.82) is 0 Å². The van der Waals surface area contributed by atoms with Crippen molar-refractivity contribution >= 4 is 5.69 Å². The van der Waals surface area contributed by atoms with Crippen LogP contribution in [0.15, 0.2) is 22.6 Å². The lowest BCUT2D eigenvalue weighted by atomic mass is 10.1. The van der Waals surface area contributed by atoms with Crippen LogP contribution in [0.1, 0.15) is 22.9 Å². The number of anilines is 1. The van der Waals surface area contributed by atoms with Crippen molar-refractivity contribution in [2.24, 2.45) is 0 Å². The third-order valence-corrected chi connectivity index (χ3v) is 2.38. The summed E-state index contributed by atoms with van der Waals surface area (Å²) in [6.07, 6.45) is -4.18. The van der Waals surface area contributed by atoms with E-state index >= 15 is 0 Å². The van der Waals surface area contributed by atoms with Crippen LogP contribution >= 0.6 is 0 Å². The Hall–Kier alpha value is -2.05. The summed E-state index contributed by atoms with van der Waals surface area (Å²) in [7, 11) is 0. The van der Waals surface area contributed by atoms with Gasteiger partial charge in [-0.05, 0) is 17.7 Å². The maximum atomic E-state index is 12.4. The highest BCUT2D eigenvalue weighted by molar-refractivity contribution is 5.50. The van der Waals surface area contributed by atoms with Crippen LogP contribution in [0.3, 0.4) is 0 Å². The summed E-state index contributed by atoms with van der Waals surface area (Å²) < 4.78 is 42.4. The number of benzene rings is 1. The maximum absolute atomic E-state index is 12.4. The van der Waals surface area contributed by atoms with Gasteiger partial charge in [-0.1, -0.05) is 6.07 Å². The van der Waals surface area contributed by atoms with E-state index in [1.165, 1.54) is 6.07 Å². The number of hydrogen-bond acceptors (Lipinski definition) is 4. The summed E-state index contributed by atoms with van der Waals surface area (Å²) in [4.78, 5) is 0. The first-order valence-electron chi connectivity index (χ1n) is 5.11. The van der Waals surface area contributed by atoms with Crippen LogP contribution in [0.5, 0.6) is 0 Å². The highest BCUT2D eigenvalue weighted by Crippen LogP contribution is 2.31. The molecule has 0 fully saturated rings. The lowest BCUT2D eigenvalue weighted by Gasteiger charge is -2.09. The molecular formula is C11H10F3N3O. The van der Waals surface area contributed by atoms with E-state index in [9.17, 15) is 13.2 Å². The molecule has 1 aromatic carbocycles. The maximum Gasteiger partial charge on any atom is 0.416 e. The first-order valence-corrected chi connectivity index (χ1v) is 5.11. The van der Waals surface area contributed by atoms with Gasteiger partial charge in [-0.25, -0.2) is 0 Å². The van der Waals surface area contributed by atoms with Crippen LogP contribution in [0, 0.1) is 6.92 Å². The lowest BCUT2D eigenvalue weighted by Crippen LogP contribution is -2.07. The third-order valence-electron chi connectivity index (χ3n) is 2.38. The summed E-state index contributed by atoms with van der Waals surface area (Å²) >= 11 is 0. The molecule has 0 saturated heterocycles. The summed E-state index contributed by atoms with van der Waals surface area (Å²) in [6, 6.07) is 3.20. The predicted molar refractivity (Wildman–Crippen MR) is 57.7 cm³/mol. The second kappa shape index (κ2) is 4.32. The third kappa shape index (κ3) is 2.61. The summed E-state index contributed by atoms with van der Waals surface area (Å²) in [5.74, 6) is 0.717. The van der Waals surface area contributed by atoms with E-state index in [-0.39, 0.29) is 12.1 Å². The van der Waals surface area contributed by atoms with Gasteiger partial charge < -0.3 is 10.2 Å². The van der Waals surface area contributed by atoms with E-state index in [0.29, 0.717) is 17.3 Å². The van der Waals surface area contributed by atoms with Crippen molar-refractivity contribution < 1.29 is 17.6 Å². The zero-order chi connectivity index (χ0) is 13.3. The van der Waals surface area contributed by atoms with Gasteiger partial charge in [0.05, 0.1) is 12.0 Å². The molecule has 0 radical (unpaired) electrons. The highest BCUT2D eigenvalue weighted by atomic mass is 19.4. The van der Waals surface area contributed by atoms with Gasteiger partial charge in [0.25, 0.3) is 0 Å². The van der Waals surface area contributed by atoms with Crippen LogP contribution in [0.2, 0.25) is 0 Å². The summed E-state index contributed by atoms with van der Waals surface area (Å²) in [6.45, 7) is 1.63. The zero-order valence-electron chi connectivity index (χ0n) is 9.45. The number of nitrogens with zero attached hydrogens (tertiary/aromatic N) is 2. The minimum absolute atomic E-state index is 0.0562. The summed E-state index contributed by atoms with van der Waals surface area (Å²) in [5, 5.41) is 7.39.